The highest BCUT2D eigenvalue weighted by Gasteiger charge is 2.58. The number of carbonyl (C=O) groups excluding carboxylic acids is 1. The van der Waals surface area contributed by atoms with Gasteiger partial charge in [-0.2, -0.15) is 14.9 Å². The van der Waals surface area contributed by atoms with Gasteiger partial charge in [-0.15, -0.1) is 0 Å². The van der Waals surface area contributed by atoms with Crippen molar-refractivity contribution in [3.8, 4) is 0 Å². The molecule has 421 valence electrons. The third kappa shape index (κ3) is 19.0. The predicted molar refractivity (Wildman–Crippen MR) is 297 cm³/mol. The SMILES string of the molecule is CC(=[O+])O[C@@H]1[C@@H](O[C@H]2[C@@H](OCc3ccccc3)[C@@H](CO[P+]([O-])(ON)OCc3ccccc3)O[C@@H](OCC[Si](C)(C)C)[C@@H]2OCc2ccccc2)O[C@H](COCc2ccccc2)[C@@H](OCc2ccccc2)[C@@H]1OCc1ccccc1. The molecule has 0 aliphatic carbocycles. The van der Waals surface area contributed by atoms with Gasteiger partial charge in [-0.05, 0) is 39.4 Å². The fraction of sp³-hybridized carbons (Fsp3) is 0.393. The minimum Gasteiger partial charge on any atom is -0.604 e. The summed E-state index contributed by atoms with van der Waals surface area (Å²) in [7, 11) is -6.14. The second-order valence-corrected chi connectivity index (χ2v) is 27.8. The normalized spacial score (nSPS) is 24.1. The lowest BCUT2D eigenvalue weighted by atomic mass is 9.95. The van der Waals surface area contributed by atoms with Crippen molar-refractivity contribution in [2.24, 2.45) is 5.90 Å². The first-order chi connectivity index (χ1) is 38.4. The van der Waals surface area contributed by atoms with Gasteiger partial charge in [0, 0.05) is 19.5 Å². The third-order valence-corrected chi connectivity index (χ3v) is 16.1. The molecule has 1 unspecified atom stereocenters. The maximum Gasteiger partial charge on any atom is 0.571 e. The van der Waals surface area contributed by atoms with Gasteiger partial charge in [0.15, 0.2) is 12.4 Å². The van der Waals surface area contributed by atoms with Crippen molar-refractivity contribution < 1.29 is 70.7 Å². The van der Waals surface area contributed by atoms with E-state index in [1.54, 1.807) is 0 Å². The Balaban J connectivity index is 1.21. The zero-order chi connectivity index (χ0) is 55.3. The van der Waals surface area contributed by atoms with Crippen molar-refractivity contribution >= 4 is 22.2 Å². The first-order valence-electron chi connectivity index (χ1n) is 26.7. The number of benzene rings is 6. The van der Waals surface area contributed by atoms with Gasteiger partial charge in [0.25, 0.3) is 6.10 Å². The molecule has 2 aliphatic heterocycles. The van der Waals surface area contributed by atoms with Crippen molar-refractivity contribution in [3.05, 3.63) is 215 Å². The Labute approximate surface area is 465 Å². The number of phosphoric ester groups is 1. The van der Waals surface area contributed by atoms with E-state index in [1.165, 1.54) is 6.92 Å². The molecule has 2 fully saturated rings. The van der Waals surface area contributed by atoms with Crippen LogP contribution in [-0.2, 0) is 105 Å². The summed E-state index contributed by atoms with van der Waals surface area (Å²) in [5.41, 5.74) is 5.12. The van der Waals surface area contributed by atoms with Crippen molar-refractivity contribution in [1.82, 2.24) is 0 Å². The summed E-state index contributed by atoms with van der Waals surface area (Å²) in [4.78, 5) is 27.8. The molecule has 16 nitrogen and oxygen atoms in total. The maximum atomic E-state index is 14.2. The van der Waals surface area contributed by atoms with E-state index in [0.717, 1.165) is 33.9 Å². The third-order valence-electron chi connectivity index (χ3n) is 13.2. The molecule has 1 radical (unpaired) electrons. The summed E-state index contributed by atoms with van der Waals surface area (Å²) in [6.07, 6.45) is -11.1. The second kappa shape index (κ2) is 30.6. The number of ether oxygens (including phenoxy) is 10. The Morgan fingerprint density at radius 2 is 0.873 bits per heavy atom. The fourth-order valence-corrected chi connectivity index (χ4v) is 10.6. The lowest BCUT2D eigenvalue weighted by Gasteiger charge is -2.48. The van der Waals surface area contributed by atoms with Crippen LogP contribution in [0.5, 0.6) is 0 Å². The topological polar surface area (TPSA) is 189 Å². The van der Waals surface area contributed by atoms with Crippen LogP contribution in [0.3, 0.4) is 0 Å². The summed E-state index contributed by atoms with van der Waals surface area (Å²) >= 11 is 0. The number of hydrogen-bond acceptors (Lipinski definition) is 16. The zero-order valence-electron chi connectivity index (χ0n) is 45.3. The molecule has 8 rings (SSSR count). The summed E-state index contributed by atoms with van der Waals surface area (Å²) in [6, 6.07) is 58.4. The van der Waals surface area contributed by atoms with E-state index < -0.39 is 90.2 Å². The molecular weight excluding hydrogens is 1050 g/mol. The van der Waals surface area contributed by atoms with E-state index in [4.69, 9.17) is 66.9 Å². The monoisotopic (exact) mass is 1120 g/mol. The van der Waals surface area contributed by atoms with Crippen LogP contribution in [0.4, 0.5) is 0 Å². The van der Waals surface area contributed by atoms with E-state index in [2.05, 4.69) is 19.6 Å². The average Bonchev–Trinajstić information content (AvgIpc) is 3.47. The standard InChI is InChI=1S/C61H74NO15PSi/c1-45(63)73-59-56(69-40-49-29-17-8-18-30-49)54(67-38-47-25-13-6-14-26-47)52(43-65-37-46-23-11-5-12-24-46)75-61(59)76-57-55(68-39-48-27-15-7-16-28-48)53(44-72-78(64,77-62)71-42-51-33-21-10-22-34-51)74-60(66-35-36-79(2,3)4)58(57)70-41-50-31-19-9-20-32-50/h5-34,52-61H,35-44,62H2,1-4H3/q+1/t52-,53-,54-,55+,56+,57+,58-,59+,60-,61-,78?/m1/s1. The van der Waals surface area contributed by atoms with Gasteiger partial charge in [-0.1, -0.05) is 206 Å². The molecule has 11 atom stereocenters. The minimum atomic E-state index is -4.46. The number of hydrogen-bond donors (Lipinski definition) is 1. The van der Waals surface area contributed by atoms with Gasteiger partial charge < -0.3 is 52.3 Å². The lowest BCUT2D eigenvalue weighted by Crippen LogP contribution is -2.66. The minimum absolute atomic E-state index is 0.0120. The molecule has 0 bridgehead atoms. The summed E-state index contributed by atoms with van der Waals surface area (Å²) in [6.45, 7) is 8.51. The van der Waals surface area contributed by atoms with E-state index >= 15 is 0 Å². The smallest absolute Gasteiger partial charge is 0.571 e. The predicted octanol–water partition coefficient (Wildman–Crippen LogP) is 9.83. The van der Waals surface area contributed by atoms with E-state index in [0.29, 0.717) is 12.2 Å². The van der Waals surface area contributed by atoms with Crippen LogP contribution in [0.2, 0.25) is 25.7 Å². The molecule has 2 aliphatic rings. The molecule has 2 N–H and O–H groups in total. The Morgan fingerprint density at radius 1 is 0.481 bits per heavy atom. The molecule has 18 heteroatoms. The van der Waals surface area contributed by atoms with Gasteiger partial charge in [-0.3, -0.25) is 0 Å². The molecular formula is C61H74NO15PSi+. The molecule has 0 amide bonds. The molecule has 2 saturated heterocycles. The number of esters is 1. The number of phosphoric acid groups is 1. The Bertz CT molecular complexity index is 2650. The van der Waals surface area contributed by atoms with Crippen molar-refractivity contribution in [2.75, 3.05) is 19.8 Å². The zero-order valence-corrected chi connectivity index (χ0v) is 47.2. The second-order valence-electron chi connectivity index (χ2n) is 20.6. The molecule has 6 aromatic carbocycles. The van der Waals surface area contributed by atoms with Gasteiger partial charge in [-0.25, -0.2) is 0 Å². The van der Waals surface area contributed by atoms with Crippen LogP contribution in [0.15, 0.2) is 182 Å². The first-order valence-corrected chi connectivity index (χ1v) is 31.9. The van der Waals surface area contributed by atoms with Crippen LogP contribution in [0.25, 0.3) is 0 Å². The summed E-state index contributed by atoms with van der Waals surface area (Å²) in [5.74, 6) is 5.07. The number of nitrogens with two attached hydrogens (primary N) is 1. The lowest BCUT2D eigenvalue weighted by molar-refractivity contribution is -0.375. The highest BCUT2D eigenvalue weighted by atomic mass is 31.2. The number of carbonyl (C=O) groups is 1. The molecule has 6 aromatic rings. The van der Waals surface area contributed by atoms with E-state index in [1.807, 2.05) is 182 Å². The quantitative estimate of drug-likeness (QED) is 0.0147. The Morgan fingerprint density at radius 3 is 1.32 bits per heavy atom. The molecule has 79 heavy (non-hydrogen) atoms. The molecule has 2 heterocycles. The van der Waals surface area contributed by atoms with Gasteiger partial charge in [0.1, 0.15) is 49.8 Å². The molecule has 0 saturated carbocycles. The highest BCUT2D eigenvalue weighted by molar-refractivity contribution is 7.53. The van der Waals surface area contributed by atoms with Crippen LogP contribution in [0, 0.1) is 0 Å². The van der Waals surface area contributed by atoms with Gasteiger partial charge in [0.2, 0.25) is 6.29 Å². The number of rotatable bonds is 30. The van der Waals surface area contributed by atoms with E-state index in [9.17, 15) is 9.69 Å². The fourth-order valence-electron chi connectivity index (χ4n) is 9.07. The van der Waals surface area contributed by atoms with Crippen LogP contribution >= 0.6 is 8.17 Å². The van der Waals surface area contributed by atoms with Crippen molar-refractivity contribution in [2.45, 2.75) is 134 Å². The Hall–Kier alpha value is -5.12. The molecule has 0 spiro atoms. The van der Waals surface area contributed by atoms with Gasteiger partial charge >= 0.3 is 14.1 Å². The maximum absolute atomic E-state index is 14.2. The van der Waals surface area contributed by atoms with Crippen molar-refractivity contribution in [3.63, 3.8) is 0 Å². The van der Waals surface area contributed by atoms with Crippen LogP contribution in [-0.4, -0.2) is 95.3 Å². The first kappa shape index (κ1) is 60.0. The van der Waals surface area contributed by atoms with Crippen LogP contribution in [0.1, 0.15) is 40.3 Å². The average molecular weight is 1120 g/mol. The summed E-state index contributed by atoms with van der Waals surface area (Å²) < 4.78 is 85.4. The van der Waals surface area contributed by atoms with Crippen molar-refractivity contribution in [1.29, 1.82) is 0 Å². The molecule has 0 aromatic heterocycles. The van der Waals surface area contributed by atoms with E-state index in [-0.39, 0.29) is 46.2 Å². The van der Waals surface area contributed by atoms with Crippen LogP contribution < -0.4 is 10.8 Å². The highest BCUT2D eigenvalue weighted by Crippen LogP contribution is 2.53. The van der Waals surface area contributed by atoms with Gasteiger partial charge in [0.05, 0.1) is 46.6 Å². The Kier molecular flexibility index (Phi) is 23.3. The summed E-state index contributed by atoms with van der Waals surface area (Å²) in [5, 5.41) is 0. The largest absolute Gasteiger partial charge is 0.604 e.